The second kappa shape index (κ2) is 13.5. The topological polar surface area (TPSA) is 55.2 Å². The smallest absolute Gasteiger partial charge is 0.196 e. The van der Waals surface area contributed by atoms with Crippen molar-refractivity contribution in [2.24, 2.45) is 0 Å². The average molecular weight is 549 g/mol. The molecular weight excluding hydrogens is 512 g/mol. The number of piperazine rings is 1. The van der Waals surface area contributed by atoms with E-state index >= 15 is 0 Å². The fourth-order valence-electron chi connectivity index (χ4n) is 5.16. The van der Waals surface area contributed by atoms with Crippen molar-refractivity contribution in [1.82, 2.24) is 4.90 Å². The highest BCUT2D eigenvalue weighted by atomic mass is 35.5. The lowest BCUT2D eigenvalue weighted by molar-refractivity contribution is 0.245. The molecule has 1 aromatic heterocycles. The zero-order valence-corrected chi connectivity index (χ0v) is 23.5. The van der Waals surface area contributed by atoms with Crippen LogP contribution in [0.15, 0.2) is 82.0 Å². The molecule has 1 aliphatic heterocycles. The summed E-state index contributed by atoms with van der Waals surface area (Å²) in [5, 5.41) is 0.562. The molecule has 0 aliphatic carbocycles. The number of hydrogen-bond donors (Lipinski definition) is 0. The van der Waals surface area contributed by atoms with Crippen molar-refractivity contribution in [2.45, 2.75) is 26.2 Å². The van der Waals surface area contributed by atoms with Gasteiger partial charge in [0.15, 0.2) is 16.8 Å². The lowest BCUT2D eigenvalue weighted by Gasteiger charge is -2.36. The van der Waals surface area contributed by atoms with Gasteiger partial charge < -0.3 is 18.8 Å². The molecule has 7 heteroatoms. The molecule has 1 saturated heterocycles. The Labute approximate surface area is 236 Å². The molecule has 3 aromatic carbocycles. The molecule has 1 fully saturated rings. The molecule has 0 bridgehead atoms. The highest BCUT2D eigenvalue weighted by Crippen LogP contribution is 2.31. The molecule has 206 valence electrons. The number of halogens is 1. The number of unbranched alkanes of at least 4 members (excludes halogenated alkanes) is 2. The summed E-state index contributed by atoms with van der Waals surface area (Å²) >= 11 is 0. The molecular formula is C32H37ClN2O4. The molecule has 0 amide bonds. The Morgan fingerprint density at radius 3 is 2.31 bits per heavy atom. The van der Waals surface area contributed by atoms with Crippen LogP contribution in [0.4, 0.5) is 5.69 Å². The summed E-state index contributed by atoms with van der Waals surface area (Å²) in [5.74, 6) is 2.17. The quantitative estimate of drug-likeness (QED) is 0.209. The van der Waals surface area contributed by atoms with Crippen LogP contribution in [0.25, 0.3) is 22.3 Å². The predicted molar refractivity (Wildman–Crippen MR) is 161 cm³/mol. The standard InChI is InChI=1S/C32H36N2O4.ClH/c1-24-30(35)26-14-11-17-29(32(26)38-31(24)25-12-5-3-6-13-25)37-23-10-4-9-18-33-19-21-34(22-20-33)27-15-7-8-16-28(27)36-2;/h3,5-8,11-17H,4,9-10,18-23H2,1-2H3;1H. The summed E-state index contributed by atoms with van der Waals surface area (Å²) in [6, 6.07) is 23.6. The van der Waals surface area contributed by atoms with Crippen LogP contribution >= 0.6 is 12.4 Å². The molecule has 39 heavy (non-hydrogen) atoms. The number of fused-ring (bicyclic) bond motifs is 1. The van der Waals surface area contributed by atoms with Crippen molar-refractivity contribution < 1.29 is 13.9 Å². The molecule has 0 radical (unpaired) electrons. The summed E-state index contributed by atoms with van der Waals surface area (Å²) < 4.78 is 17.9. The number of benzene rings is 3. The maximum atomic E-state index is 13.0. The first-order chi connectivity index (χ1) is 18.7. The van der Waals surface area contributed by atoms with Gasteiger partial charge in [0.1, 0.15) is 11.5 Å². The molecule has 4 aromatic rings. The molecule has 0 saturated carbocycles. The second-order valence-electron chi connectivity index (χ2n) is 9.79. The van der Waals surface area contributed by atoms with E-state index in [-0.39, 0.29) is 17.8 Å². The second-order valence-corrected chi connectivity index (χ2v) is 9.79. The summed E-state index contributed by atoms with van der Waals surface area (Å²) in [6.45, 7) is 7.67. The summed E-state index contributed by atoms with van der Waals surface area (Å²) in [5.41, 5.74) is 3.20. The van der Waals surface area contributed by atoms with Crippen molar-refractivity contribution in [3.05, 3.63) is 88.6 Å². The van der Waals surface area contributed by atoms with Crippen LogP contribution in [-0.4, -0.2) is 51.3 Å². The highest BCUT2D eigenvalue weighted by Gasteiger charge is 2.19. The van der Waals surface area contributed by atoms with Crippen LogP contribution in [0.2, 0.25) is 0 Å². The van der Waals surface area contributed by atoms with Crippen LogP contribution < -0.4 is 19.8 Å². The molecule has 0 N–H and O–H groups in total. The molecule has 6 nitrogen and oxygen atoms in total. The average Bonchev–Trinajstić information content (AvgIpc) is 2.97. The van der Waals surface area contributed by atoms with Gasteiger partial charge in [-0.15, -0.1) is 12.4 Å². The van der Waals surface area contributed by atoms with E-state index in [1.165, 1.54) is 5.69 Å². The molecule has 1 aliphatic rings. The van der Waals surface area contributed by atoms with Gasteiger partial charge in [0.25, 0.3) is 0 Å². The van der Waals surface area contributed by atoms with Gasteiger partial charge in [-0.1, -0.05) is 48.5 Å². The summed E-state index contributed by atoms with van der Waals surface area (Å²) in [4.78, 5) is 18.0. The van der Waals surface area contributed by atoms with Gasteiger partial charge in [0.2, 0.25) is 0 Å². The third kappa shape index (κ3) is 6.57. The fraction of sp³-hybridized carbons (Fsp3) is 0.344. The van der Waals surface area contributed by atoms with E-state index in [1.54, 1.807) is 7.11 Å². The number of methoxy groups -OCH3 is 1. The summed E-state index contributed by atoms with van der Waals surface area (Å²) in [7, 11) is 1.73. The number of para-hydroxylation sites is 3. The normalized spacial score (nSPS) is 13.7. The Bertz CT molecular complexity index is 1420. The minimum absolute atomic E-state index is 0. The maximum Gasteiger partial charge on any atom is 0.196 e. The van der Waals surface area contributed by atoms with Gasteiger partial charge in [0.05, 0.1) is 24.8 Å². The van der Waals surface area contributed by atoms with Crippen molar-refractivity contribution in [2.75, 3.05) is 51.3 Å². The highest BCUT2D eigenvalue weighted by molar-refractivity contribution is 5.85. The fourth-order valence-corrected chi connectivity index (χ4v) is 5.16. The van der Waals surface area contributed by atoms with Crippen molar-refractivity contribution in [3.63, 3.8) is 0 Å². The lowest BCUT2D eigenvalue weighted by Crippen LogP contribution is -2.46. The number of ether oxygens (including phenoxy) is 2. The van der Waals surface area contributed by atoms with Crippen molar-refractivity contribution in [1.29, 1.82) is 0 Å². The maximum absolute atomic E-state index is 13.0. The third-order valence-corrected chi connectivity index (χ3v) is 7.32. The van der Waals surface area contributed by atoms with E-state index in [0.29, 0.717) is 34.6 Å². The molecule has 2 heterocycles. The molecule has 0 atom stereocenters. The van der Waals surface area contributed by atoms with E-state index in [4.69, 9.17) is 13.9 Å². The molecule has 0 spiro atoms. The van der Waals surface area contributed by atoms with E-state index < -0.39 is 0 Å². The van der Waals surface area contributed by atoms with Crippen molar-refractivity contribution in [3.8, 4) is 22.8 Å². The van der Waals surface area contributed by atoms with E-state index in [9.17, 15) is 4.79 Å². The number of anilines is 1. The van der Waals surface area contributed by atoms with Gasteiger partial charge in [-0.25, -0.2) is 0 Å². The zero-order valence-electron chi connectivity index (χ0n) is 22.7. The van der Waals surface area contributed by atoms with Gasteiger partial charge >= 0.3 is 0 Å². The van der Waals surface area contributed by atoms with Crippen LogP contribution in [0, 0.1) is 6.92 Å². The molecule has 5 rings (SSSR count). The SMILES string of the molecule is COc1ccccc1N1CCN(CCCCCOc2cccc3c(=O)c(C)c(-c4ccccc4)oc23)CC1.Cl. The van der Waals surface area contributed by atoms with Gasteiger partial charge in [-0.3, -0.25) is 9.69 Å². The van der Waals surface area contributed by atoms with E-state index in [0.717, 1.165) is 63.3 Å². The Hall–Kier alpha value is -3.48. The predicted octanol–water partition coefficient (Wildman–Crippen LogP) is 6.57. The first-order valence-corrected chi connectivity index (χ1v) is 13.5. The van der Waals surface area contributed by atoms with Gasteiger partial charge in [-0.2, -0.15) is 0 Å². The Morgan fingerprint density at radius 2 is 1.54 bits per heavy atom. The first-order valence-electron chi connectivity index (χ1n) is 13.5. The first kappa shape index (κ1) is 28.5. The van der Waals surface area contributed by atoms with Crippen LogP contribution in [-0.2, 0) is 0 Å². The minimum Gasteiger partial charge on any atom is -0.495 e. The lowest BCUT2D eigenvalue weighted by atomic mass is 10.1. The van der Waals surface area contributed by atoms with Crippen LogP contribution in [0.1, 0.15) is 24.8 Å². The van der Waals surface area contributed by atoms with Crippen LogP contribution in [0.5, 0.6) is 11.5 Å². The number of nitrogens with zero attached hydrogens (tertiary/aromatic N) is 2. The number of hydrogen-bond acceptors (Lipinski definition) is 6. The van der Waals surface area contributed by atoms with E-state index in [2.05, 4.69) is 21.9 Å². The number of rotatable bonds is 10. The van der Waals surface area contributed by atoms with Gasteiger partial charge in [0, 0.05) is 37.3 Å². The van der Waals surface area contributed by atoms with Crippen molar-refractivity contribution >= 4 is 29.1 Å². The molecule has 0 unspecified atom stereocenters. The Balaban J connectivity index is 0.00000353. The van der Waals surface area contributed by atoms with Gasteiger partial charge in [-0.05, 0) is 57.0 Å². The third-order valence-electron chi connectivity index (χ3n) is 7.32. The zero-order chi connectivity index (χ0) is 26.3. The summed E-state index contributed by atoms with van der Waals surface area (Å²) in [6.07, 6.45) is 3.19. The minimum atomic E-state index is -0.0126. The largest absolute Gasteiger partial charge is 0.495 e. The Morgan fingerprint density at radius 1 is 0.821 bits per heavy atom. The monoisotopic (exact) mass is 548 g/mol. The van der Waals surface area contributed by atoms with Crippen LogP contribution in [0.3, 0.4) is 0 Å². The van der Waals surface area contributed by atoms with E-state index in [1.807, 2.05) is 67.6 Å². The Kier molecular flexibility index (Phi) is 9.90.